The van der Waals surface area contributed by atoms with Crippen molar-refractivity contribution in [2.75, 3.05) is 24.4 Å². The number of aryl methyl sites for hydroxylation is 2. The minimum Gasteiger partial charge on any atom is -0.495 e. The molecule has 1 heterocycles. The highest BCUT2D eigenvalue weighted by atomic mass is 16.5. The van der Waals surface area contributed by atoms with E-state index in [2.05, 4.69) is 10.6 Å². The Hall–Kier alpha value is -3.74. The van der Waals surface area contributed by atoms with Crippen molar-refractivity contribution in [1.82, 2.24) is 0 Å². The molecule has 2 aromatic carbocycles. The Morgan fingerprint density at radius 2 is 1.76 bits per heavy atom. The quantitative estimate of drug-likeness (QED) is 0.628. The Morgan fingerprint density at radius 1 is 1.00 bits per heavy atom. The number of carbonyl (C=O) groups is 2. The highest BCUT2D eigenvalue weighted by Gasteiger charge is 2.13. The van der Waals surface area contributed by atoms with Crippen LogP contribution in [0.3, 0.4) is 0 Å². The van der Waals surface area contributed by atoms with E-state index >= 15 is 0 Å². The van der Waals surface area contributed by atoms with Gasteiger partial charge in [0.25, 0.3) is 11.8 Å². The van der Waals surface area contributed by atoms with Gasteiger partial charge in [-0.1, -0.05) is 6.07 Å². The lowest BCUT2D eigenvalue weighted by Crippen LogP contribution is -2.21. The van der Waals surface area contributed by atoms with E-state index < -0.39 is 5.91 Å². The second-order valence-corrected chi connectivity index (χ2v) is 6.51. The number of carbonyl (C=O) groups excluding carboxylic acids is 2. The summed E-state index contributed by atoms with van der Waals surface area (Å²) >= 11 is 0. The van der Waals surface area contributed by atoms with E-state index in [0.717, 1.165) is 11.1 Å². The van der Waals surface area contributed by atoms with E-state index in [1.54, 1.807) is 30.3 Å². The number of anilines is 2. The normalized spacial score (nSPS) is 10.3. The molecule has 0 aliphatic rings. The number of hydrogen-bond acceptors (Lipinski definition) is 5. The van der Waals surface area contributed by atoms with Crippen LogP contribution in [0, 0.1) is 13.8 Å². The average Bonchev–Trinajstić information content (AvgIpc) is 3.21. The lowest BCUT2D eigenvalue weighted by molar-refractivity contribution is -0.118. The molecule has 2 amide bonds. The van der Waals surface area contributed by atoms with Crippen molar-refractivity contribution >= 4 is 23.2 Å². The molecule has 3 aromatic rings. The summed E-state index contributed by atoms with van der Waals surface area (Å²) in [6.45, 7) is 3.77. The summed E-state index contributed by atoms with van der Waals surface area (Å²) in [5, 5.41) is 5.45. The van der Waals surface area contributed by atoms with Crippen LogP contribution in [0.15, 0.2) is 59.2 Å². The van der Waals surface area contributed by atoms with E-state index in [1.807, 2.05) is 32.0 Å². The first-order valence-corrected chi connectivity index (χ1v) is 8.98. The Bertz CT molecular complexity index is 992. The molecular formula is C22H22N2O5. The zero-order valence-corrected chi connectivity index (χ0v) is 16.4. The number of rotatable bonds is 7. The Labute approximate surface area is 168 Å². The summed E-state index contributed by atoms with van der Waals surface area (Å²) in [4.78, 5) is 24.5. The predicted octanol–water partition coefficient (Wildman–Crippen LogP) is 4.17. The molecule has 2 N–H and O–H groups in total. The van der Waals surface area contributed by atoms with Crippen molar-refractivity contribution < 1.29 is 23.5 Å². The van der Waals surface area contributed by atoms with Crippen molar-refractivity contribution in [3.05, 3.63) is 71.7 Å². The topological polar surface area (TPSA) is 89.8 Å². The van der Waals surface area contributed by atoms with E-state index in [9.17, 15) is 9.59 Å². The van der Waals surface area contributed by atoms with Crippen molar-refractivity contribution in [1.29, 1.82) is 0 Å². The zero-order chi connectivity index (χ0) is 20.8. The van der Waals surface area contributed by atoms with Gasteiger partial charge in [-0.25, -0.2) is 0 Å². The maximum atomic E-state index is 12.4. The number of benzene rings is 2. The van der Waals surface area contributed by atoms with Crippen LogP contribution in [0.4, 0.5) is 11.4 Å². The van der Waals surface area contributed by atoms with Gasteiger partial charge in [0, 0.05) is 5.69 Å². The fourth-order valence-electron chi connectivity index (χ4n) is 2.84. The molecule has 0 saturated carbocycles. The summed E-state index contributed by atoms with van der Waals surface area (Å²) in [5.74, 6) is 0.533. The van der Waals surface area contributed by atoms with Gasteiger partial charge in [-0.05, 0) is 67.4 Å². The van der Waals surface area contributed by atoms with Crippen molar-refractivity contribution in [3.63, 3.8) is 0 Å². The van der Waals surface area contributed by atoms with E-state index in [-0.39, 0.29) is 18.3 Å². The maximum absolute atomic E-state index is 12.4. The molecule has 0 bridgehead atoms. The second-order valence-electron chi connectivity index (χ2n) is 6.51. The van der Waals surface area contributed by atoms with Crippen LogP contribution in [0.1, 0.15) is 21.7 Å². The van der Waals surface area contributed by atoms with Crippen LogP contribution in [-0.2, 0) is 4.79 Å². The highest BCUT2D eigenvalue weighted by Crippen LogP contribution is 2.28. The summed E-state index contributed by atoms with van der Waals surface area (Å²) in [6, 6.07) is 13.9. The molecule has 7 heteroatoms. The molecule has 0 fully saturated rings. The Balaban J connectivity index is 1.66. The van der Waals surface area contributed by atoms with Gasteiger partial charge in [-0.15, -0.1) is 0 Å². The van der Waals surface area contributed by atoms with Crippen LogP contribution in [0.2, 0.25) is 0 Å². The minimum absolute atomic E-state index is 0.158. The van der Waals surface area contributed by atoms with Crippen molar-refractivity contribution in [2.24, 2.45) is 0 Å². The highest BCUT2D eigenvalue weighted by molar-refractivity contribution is 6.03. The molecular weight excluding hydrogens is 372 g/mol. The van der Waals surface area contributed by atoms with Crippen molar-refractivity contribution in [3.8, 4) is 11.5 Å². The molecule has 0 spiro atoms. The average molecular weight is 394 g/mol. The molecule has 7 nitrogen and oxygen atoms in total. The smallest absolute Gasteiger partial charge is 0.291 e. The fraction of sp³-hybridized carbons (Fsp3) is 0.182. The largest absolute Gasteiger partial charge is 0.495 e. The van der Waals surface area contributed by atoms with Gasteiger partial charge in [0.2, 0.25) is 0 Å². The number of methoxy groups -OCH3 is 1. The zero-order valence-electron chi connectivity index (χ0n) is 16.4. The number of nitrogens with one attached hydrogen (secondary N) is 2. The van der Waals surface area contributed by atoms with Crippen LogP contribution in [0.25, 0.3) is 0 Å². The molecule has 0 radical (unpaired) electrons. The molecule has 150 valence electrons. The van der Waals surface area contributed by atoms with Gasteiger partial charge in [0.1, 0.15) is 11.5 Å². The molecule has 0 unspecified atom stereocenters. The summed E-state index contributed by atoms with van der Waals surface area (Å²) in [5.41, 5.74) is 3.01. The number of furan rings is 1. The van der Waals surface area contributed by atoms with Crippen molar-refractivity contribution in [2.45, 2.75) is 13.8 Å². The standard InChI is InChI=1S/C22H22N2O5/c1-14-9-15(2)11-17(10-14)29-13-21(25)24-18-12-16(6-7-19(18)27-3)23-22(26)20-5-4-8-28-20/h4-12H,13H2,1-3H3,(H,23,26)(H,24,25). The Morgan fingerprint density at radius 3 is 2.41 bits per heavy atom. The van der Waals surface area contributed by atoms with E-state index in [0.29, 0.717) is 22.9 Å². The maximum Gasteiger partial charge on any atom is 0.291 e. The van der Waals surface area contributed by atoms with Gasteiger partial charge in [0.15, 0.2) is 12.4 Å². The van der Waals surface area contributed by atoms with Gasteiger partial charge >= 0.3 is 0 Å². The van der Waals surface area contributed by atoms with Gasteiger partial charge < -0.3 is 24.5 Å². The first-order chi connectivity index (χ1) is 13.9. The minimum atomic E-state index is -0.393. The number of ether oxygens (including phenoxy) is 2. The molecule has 0 aliphatic carbocycles. The lowest BCUT2D eigenvalue weighted by Gasteiger charge is -2.13. The first kappa shape index (κ1) is 20.0. The summed E-state index contributed by atoms with van der Waals surface area (Å²) < 4.78 is 15.9. The van der Waals surface area contributed by atoms with Crippen LogP contribution < -0.4 is 20.1 Å². The van der Waals surface area contributed by atoms with E-state index in [4.69, 9.17) is 13.9 Å². The third-order valence-corrected chi connectivity index (χ3v) is 4.04. The van der Waals surface area contributed by atoms with Crippen LogP contribution >= 0.6 is 0 Å². The molecule has 1 aromatic heterocycles. The van der Waals surface area contributed by atoms with Crippen LogP contribution in [-0.4, -0.2) is 25.5 Å². The third kappa shape index (κ3) is 5.38. The Kier molecular flexibility index (Phi) is 6.19. The van der Waals surface area contributed by atoms with Crippen LogP contribution in [0.5, 0.6) is 11.5 Å². The van der Waals surface area contributed by atoms with Gasteiger partial charge in [-0.2, -0.15) is 0 Å². The molecule has 0 atom stereocenters. The SMILES string of the molecule is COc1ccc(NC(=O)c2ccco2)cc1NC(=O)COc1cc(C)cc(C)c1. The first-order valence-electron chi connectivity index (χ1n) is 8.98. The number of amides is 2. The number of hydrogen-bond donors (Lipinski definition) is 2. The summed E-state index contributed by atoms with van der Waals surface area (Å²) in [7, 11) is 1.50. The van der Waals surface area contributed by atoms with Gasteiger partial charge in [-0.3, -0.25) is 9.59 Å². The molecule has 0 saturated heterocycles. The molecule has 0 aliphatic heterocycles. The lowest BCUT2D eigenvalue weighted by atomic mass is 10.1. The molecule has 29 heavy (non-hydrogen) atoms. The second kappa shape index (κ2) is 8.97. The van der Waals surface area contributed by atoms with E-state index in [1.165, 1.54) is 13.4 Å². The van der Waals surface area contributed by atoms with Gasteiger partial charge in [0.05, 0.1) is 19.1 Å². The summed E-state index contributed by atoms with van der Waals surface area (Å²) in [6.07, 6.45) is 1.42. The third-order valence-electron chi connectivity index (χ3n) is 4.04. The predicted molar refractivity (Wildman–Crippen MR) is 110 cm³/mol. The fourth-order valence-corrected chi connectivity index (χ4v) is 2.84. The monoisotopic (exact) mass is 394 g/mol. The molecule has 3 rings (SSSR count).